The van der Waals surface area contributed by atoms with Crippen LogP contribution in [0, 0.1) is 5.92 Å². The number of halogens is 3. The molecule has 5 nitrogen and oxygen atoms in total. The molecule has 0 aliphatic heterocycles. The van der Waals surface area contributed by atoms with Crippen molar-refractivity contribution in [2.24, 2.45) is 5.92 Å². The van der Waals surface area contributed by atoms with Gasteiger partial charge in [-0.15, -0.1) is 0 Å². The highest BCUT2D eigenvalue weighted by atomic mass is 19.4. The Kier molecular flexibility index (Phi) is 4.41. The second kappa shape index (κ2) is 6.75. The van der Waals surface area contributed by atoms with E-state index in [9.17, 15) is 18.0 Å². The van der Waals surface area contributed by atoms with Crippen molar-refractivity contribution >= 4 is 16.9 Å². The molecule has 2 aromatic heterocycles. The first-order valence-electron chi connectivity index (χ1n) is 8.79. The number of amides is 1. The lowest BCUT2D eigenvalue weighted by Crippen LogP contribution is -2.36. The number of hydrogen-bond donors (Lipinski definition) is 1. The van der Waals surface area contributed by atoms with E-state index >= 15 is 0 Å². The molecule has 0 unspecified atom stereocenters. The van der Waals surface area contributed by atoms with E-state index in [1.807, 2.05) is 18.2 Å². The van der Waals surface area contributed by atoms with E-state index < -0.39 is 18.5 Å². The molecular weight excluding hydrogens is 359 g/mol. The van der Waals surface area contributed by atoms with Crippen molar-refractivity contribution in [2.45, 2.75) is 25.4 Å². The Morgan fingerprint density at radius 3 is 2.78 bits per heavy atom. The van der Waals surface area contributed by atoms with Gasteiger partial charge < -0.3 is 9.32 Å². The highest BCUT2D eigenvalue weighted by Crippen LogP contribution is 2.33. The van der Waals surface area contributed by atoms with Crippen LogP contribution in [0.5, 0.6) is 0 Å². The third-order valence-electron chi connectivity index (χ3n) is 4.67. The van der Waals surface area contributed by atoms with Gasteiger partial charge in [0.1, 0.15) is 11.3 Å². The van der Waals surface area contributed by atoms with Crippen molar-refractivity contribution in [2.75, 3.05) is 13.1 Å². The number of carbonyl (C=O) groups is 1. The van der Waals surface area contributed by atoms with Gasteiger partial charge in [-0.3, -0.25) is 9.89 Å². The van der Waals surface area contributed by atoms with Crippen molar-refractivity contribution in [3.05, 3.63) is 42.1 Å². The van der Waals surface area contributed by atoms with Gasteiger partial charge in [0.15, 0.2) is 5.76 Å². The second-order valence-electron chi connectivity index (χ2n) is 6.87. The van der Waals surface area contributed by atoms with Crippen LogP contribution in [0.4, 0.5) is 13.2 Å². The van der Waals surface area contributed by atoms with Gasteiger partial charge >= 0.3 is 6.18 Å². The van der Waals surface area contributed by atoms with Crippen LogP contribution in [0.2, 0.25) is 0 Å². The summed E-state index contributed by atoms with van der Waals surface area (Å²) in [6, 6.07) is 9.17. The van der Waals surface area contributed by atoms with Crippen molar-refractivity contribution < 1.29 is 22.4 Å². The number of alkyl halides is 3. The van der Waals surface area contributed by atoms with E-state index in [1.54, 1.807) is 12.1 Å². The molecule has 1 aromatic carbocycles. The maximum atomic E-state index is 13.0. The maximum absolute atomic E-state index is 13.0. The number of aromatic amines is 1. The number of nitrogens with zero attached hydrogens (tertiary/aromatic N) is 2. The van der Waals surface area contributed by atoms with Crippen molar-refractivity contribution in [3.63, 3.8) is 0 Å². The molecule has 0 radical (unpaired) electrons. The van der Waals surface area contributed by atoms with Gasteiger partial charge in [0.25, 0.3) is 5.91 Å². The number of H-pyrrole nitrogens is 1. The molecule has 8 heteroatoms. The van der Waals surface area contributed by atoms with Gasteiger partial charge in [-0.2, -0.15) is 18.3 Å². The second-order valence-corrected chi connectivity index (χ2v) is 6.87. The number of para-hydroxylation sites is 1. The number of fused-ring (bicyclic) bond motifs is 1. The lowest BCUT2D eigenvalue weighted by Gasteiger charge is -2.23. The lowest BCUT2D eigenvalue weighted by molar-refractivity contribution is -0.136. The van der Waals surface area contributed by atoms with E-state index in [0.717, 1.165) is 18.2 Å². The van der Waals surface area contributed by atoms with Crippen molar-refractivity contribution in [1.82, 2.24) is 15.1 Å². The first kappa shape index (κ1) is 17.6. The Hall–Kier alpha value is -2.77. The zero-order chi connectivity index (χ0) is 19.0. The van der Waals surface area contributed by atoms with Gasteiger partial charge in [0.2, 0.25) is 0 Å². The van der Waals surface area contributed by atoms with Crippen LogP contribution in [0.3, 0.4) is 0 Å². The van der Waals surface area contributed by atoms with E-state index in [2.05, 4.69) is 10.2 Å². The van der Waals surface area contributed by atoms with Gasteiger partial charge in [0, 0.05) is 18.5 Å². The molecule has 3 aromatic rings. The van der Waals surface area contributed by atoms with Gasteiger partial charge in [-0.1, -0.05) is 18.2 Å². The number of aromatic nitrogens is 2. The van der Waals surface area contributed by atoms with Crippen molar-refractivity contribution in [3.8, 4) is 11.5 Å². The van der Waals surface area contributed by atoms with Crippen LogP contribution in [0.1, 0.15) is 29.6 Å². The van der Waals surface area contributed by atoms with Crippen LogP contribution >= 0.6 is 0 Å². The predicted octanol–water partition coefficient (Wildman–Crippen LogP) is 4.63. The third-order valence-corrected chi connectivity index (χ3v) is 4.67. The summed E-state index contributed by atoms with van der Waals surface area (Å²) in [5.41, 5.74) is 1.26. The first-order valence-corrected chi connectivity index (χ1v) is 8.79. The van der Waals surface area contributed by atoms with E-state index in [4.69, 9.17) is 4.42 Å². The summed E-state index contributed by atoms with van der Waals surface area (Å²) in [5, 5.41) is 7.54. The molecule has 0 saturated heterocycles. The predicted molar refractivity (Wildman–Crippen MR) is 93.1 cm³/mol. The monoisotopic (exact) mass is 377 g/mol. The Morgan fingerprint density at radius 2 is 2.07 bits per heavy atom. The molecule has 0 spiro atoms. The van der Waals surface area contributed by atoms with E-state index in [1.165, 1.54) is 11.1 Å². The Bertz CT molecular complexity index is 923. The minimum atomic E-state index is -4.31. The number of hydrogen-bond acceptors (Lipinski definition) is 3. The van der Waals surface area contributed by atoms with Crippen LogP contribution in [-0.4, -0.2) is 40.3 Å². The molecule has 1 fully saturated rings. The zero-order valence-electron chi connectivity index (χ0n) is 14.4. The Balaban J connectivity index is 1.61. The molecular formula is C19H18F3N3O2. The van der Waals surface area contributed by atoms with Crippen LogP contribution < -0.4 is 0 Å². The molecule has 1 aliphatic rings. The summed E-state index contributed by atoms with van der Waals surface area (Å²) in [4.78, 5) is 14.2. The normalized spacial score (nSPS) is 14.6. The topological polar surface area (TPSA) is 62.1 Å². The SMILES string of the molecule is O=C(c1cn[nH]c1-c1cc2ccccc2o1)N(CCC(F)(F)F)CC1CC1. The van der Waals surface area contributed by atoms with Crippen LogP contribution in [0.15, 0.2) is 40.9 Å². The number of benzene rings is 1. The molecule has 142 valence electrons. The molecule has 1 N–H and O–H groups in total. The average Bonchev–Trinajstić information content (AvgIpc) is 3.14. The molecule has 1 aliphatic carbocycles. The van der Waals surface area contributed by atoms with Crippen molar-refractivity contribution in [1.29, 1.82) is 0 Å². The fourth-order valence-electron chi connectivity index (χ4n) is 3.06. The van der Waals surface area contributed by atoms with Gasteiger partial charge in [-0.25, -0.2) is 0 Å². The largest absolute Gasteiger partial charge is 0.454 e. The Labute approximate surface area is 153 Å². The van der Waals surface area contributed by atoms with Crippen LogP contribution in [0.25, 0.3) is 22.4 Å². The number of nitrogens with one attached hydrogen (secondary N) is 1. The third kappa shape index (κ3) is 3.99. The molecule has 4 rings (SSSR count). The number of furan rings is 1. The highest BCUT2D eigenvalue weighted by Gasteiger charge is 2.33. The molecule has 1 saturated carbocycles. The summed E-state index contributed by atoms with van der Waals surface area (Å²) < 4.78 is 43.8. The highest BCUT2D eigenvalue weighted by molar-refractivity contribution is 6.00. The standard InChI is InChI=1S/C19H18F3N3O2/c20-19(21,22)7-8-25(11-12-5-6-12)18(26)14-10-23-24-17(14)16-9-13-3-1-2-4-15(13)27-16/h1-4,9-10,12H,5-8,11H2,(H,23,24). The zero-order valence-corrected chi connectivity index (χ0v) is 14.4. The molecule has 2 heterocycles. The summed E-state index contributed by atoms with van der Waals surface area (Å²) in [6.07, 6.45) is -2.10. The van der Waals surface area contributed by atoms with Gasteiger partial charge in [0.05, 0.1) is 18.2 Å². The quantitative estimate of drug-likeness (QED) is 0.681. The molecule has 27 heavy (non-hydrogen) atoms. The maximum Gasteiger partial charge on any atom is 0.390 e. The minimum Gasteiger partial charge on any atom is -0.454 e. The lowest BCUT2D eigenvalue weighted by atomic mass is 10.1. The van der Waals surface area contributed by atoms with E-state index in [0.29, 0.717) is 23.6 Å². The first-order chi connectivity index (χ1) is 12.9. The summed E-state index contributed by atoms with van der Waals surface area (Å²) in [7, 11) is 0. The van der Waals surface area contributed by atoms with E-state index in [-0.39, 0.29) is 18.0 Å². The fraction of sp³-hybridized carbons (Fsp3) is 0.368. The van der Waals surface area contributed by atoms with Gasteiger partial charge in [-0.05, 0) is 30.9 Å². The smallest absolute Gasteiger partial charge is 0.390 e. The fourth-order valence-corrected chi connectivity index (χ4v) is 3.06. The molecule has 1 amide bonds. The number of carbonyl (C=O) groups excluding carboxylic acids is 1. The summed E-state index contributed by atoms with van der Waals surface area (Å²) >= 11 is 0. The summed E-state index contributed by atoms with van der Waals surface area (Å²) in [5.74, 6) is 0.248. The Morgan fingerprint density at radius 1 is 1.30 bits per heavy atom. The van der Waals surface area contributed by atoms with Crippen LogP contribution in [-0.2, 0) is 0 Å². The summed E-state index contributed by atoms with van der Waals surface area (Å²) in [6.45, 7) is -0.0246. The molecule has 0 bridgehead atoms. The average molecular weight is 377 g/mol. The molecule has 0 atom stereocenters. The number of rotatable bonds is 6. The minimum absolute atomic E-state index is 0.219.